The van der Waals surface area contributed by atoms with Crippen molar-refractivity contribution in [2.75, 3.05) is 13.1 Å². The van der Waals surface area contributed by atoms with E-state index in [9.17, 15) is 9.59 Å². The number of hydrogen-bond acceptors (Lipinski definition) is 3. The Bertz CT molecular complexity index is 821. The fourth-order valence-corrected chi connectivity index (χ4v) is 3.85. The summed E-state index contributed by atoms with van der Waals surface area (Å²) in [7, 11) is 0. The lowest BCUT2D eigenvalue weighted by atomic mass is 9.89. The molecule has 1 aliphatic rings. The summed E-state index contributed by atoms with van der Waals surface area (Å²) in [6.45, 7) is 4.95. The first kappa shape index (κ1) is 20.1. The van der Waals surface area contributed by atoms with Crippen molar-refractivity contribution < 1.29 is 9.59 Å². The van der Waals surface area contributed by atoms with E-state index in [1.807, 2.05) is 28.8 Å². The SMILES string of the molecule is C=CCNC(=O)Cn1c(CCCNC(=O)C2CCCCC2)nc2ccccc21. The van der Waals surface area contributed by atoms with E-state index in [-0.39, 0.29) is 24.3 Å². The van der Waals surface area contributed by atoms with Crippen LogP contribution >= 0.6 is 0 Å². The molecule has 0 aliphatic heterocycles. The molecule has 2 aromatic rings. The normalized spacial score (nSPS) is 14.7. The number of imidazole rings is 1. The Morgan fingerprint density at radius 3 is 2.75 bits per heavy atom. The van der Waals surface area contributed by atoms with Crippen molar-refractivity contribution in [1.29, 1.82) is 0 Å². The summed E-state index contributed by atoms with van der Waals surface area (Å²) in [6.07, 6.45) is 8.79. The van der Waals surface area contributed by atoms with Crippen molar-refractivity contribution in [2.45, 2.75) is 51.5 Å². The Morgan fingerprint density at radius 2 is 1.96 bits per heavy atom. The van der Waals surface area contributed by atoms with Gasteiger partial charge in [0.05, 0.1) is 11.0 Å². The Morgan fingerprint density at radius 1 is 1.18 bits per heavy atom. The molecule has 28 heavy (non-hydrogen) atoms. The van der Waals surface area contributed by atoms with Crippen molar-refractivity contribution in [1.82, 2.24) is 20.2 Å². The van der Waals surface area contributed by atoms with Crippen molar-refractivity contribution in [3.63, 3.8) is 0 Å². The number of para-hydroxylation sites is 2. The molecule has 1 fully saturated rings. The molecule has 3 rings (SSSR count). The first-order chi connectivity index (χ1) is 13.7. The van der Waals surface area contributed by atoms with Crippen LogP contribution in [0.1, 0.15) is 44.3 Å². The van der Waals surface area contributed by atoms with Gasteiger partial charge >= 0.3 is 0 Å². The molecule has 0 radical (unpaired) electrons. The first-order valence-corrected chi connectivity index (χ1v) is 10.3. The third-order valence-corrected chi connectivity index (χ3v) is 5.33. The van der Waals surface area contributed by atoms with Gasteiger partial charge in [0.15, 0.2) is 0 Å². The van der Waals surface area contributed by atoms with Gasteiger partial charge in [0, 0.05) is 25.4 Å². The highest BCUT2D eigenvalue weighted by Gasteiger charge is 2.20. The van der Waals surface area contributed by atoms with Crippen LogP contribution in [0.4, 0.5) is 0 Å². The van der Waals surface area contributed by atoms with Gasteiger partial charge < -0.3 is 15.2 Å². The lowest BCUT2D eigenvalue weighted by Gasteiger charge is -2.20. The number of amides is 2. The number of aryl methyl sites for hydroxylation is 1. The maximum absolute atomic E-state index is 12.3. The number of nitrogens with zero attached hydrogens (tertiary/aromatic N) is 2. The summed E-state index contributed by atoms with van der Waals surface area (Å²) in [5.74, 6) is 1.20. The average Bonchev–Trinajstić information content (AvgIpc) is 3.07. The van der Waals surface area contributed by atoms with Gasteiger partial charge in [0.25, 0.3) is 0 Å². The van der Waals surface area contributed by atoms with Gasteiger partial charge in [-0.1, -0.05) is 37.5 Å². The fourth-order valence-electron chi connectivity index (χ4n) is 3.85. The second-order valence-electron chi connectivity index (χ2n) is 7.43. The Labute approximate surface area is 166 Å². The quantitative estimate of drug-likeness (QED) is 0.517. The first-order valence-electron chi connectivity index (χ1n) is 10.3. The lowest BCUT2D eigenvalue weighted by Crippen LogP contribution is -2.33. The molecule has 2 amide bonds. The van der Waals surface area contributed by atoms with Crippen LogP contribution in [0.2, 0.25) is 0 Å². The lowest BCUT2D eigenvalue weighted by molar-refractivity contribution is -0.126. The molecule has 150 valence electrons. The molecule has 1 aromatic carbocycles. The molecule has 0 atom stereocenters. The van der Waals surface area contributed by atoms with Crippen molar-refractivity contribution in [2.24, 2.45) is 5.92 Å². The highest BCUT2D eigenvalue weighted by Crippen LogP contribution is 2.23. The Hall–Kier alpha value is -2.63. The van der Waals surface area contributed by atoms with E-state index >= 15 is 0 Å². The number of rotatable bonds is 9. The number of fused-ring (bicyclic) bond motifs is 1. The van der Waals surface area contributed by atoms with E-state index in [4.69, 9.17) is 4.98 Å². The van der Waals surface area contributed by atoms with E-state index in [1.165, 1.54) is 6.42 Å². The summed E-state index contributed by atoms with van der Waals surface area (Å²) >= 11 is 0. The molecule has 6 heteroatoms. The van der Waals surface area contributed by atoms with E-state index in [1.54, 1.807) is 6.08 Å². The smallest absolute Gasteiger partial charge is 0.240 e. The van der Waals surface area contributed by atoms with Gasteiger partial charge in [-0.2, -0.15) is 0 Å². The maximum atomic E-state index is 12.3. The molecule has 0 bridgehead atoms. The number of hydrogen-bond donors (Lipinski definition) is 2. The zero-order valence-corrected chi connectivity index (χ0v) is 16.5. The summed E-state index contributed by atoms with van der Waals surface area (Å²) in [4.78, 5) is 29.2. The number of benzene rings is 1. The molecule has 0 saturated heterocycles. The van der Waals surface area contributed by atoms with E-state index < -0.39 is 0 Å². The van der Waals surface area contributed by atoms with Crippen LogP contribution in [0.5, 0.6) is 0 Å². The summed E-state index contributed by atoms with van der Waals surface area (Å²) in [5.41, 5.74) is 1.85. The predicted molar refractivity (Wildman–Crippen MR) is 111 cm³/mol. The third kappa shape index (κ3) is 5.21. The second kappa shape index (κ2) is 10.1. The minimum absolute atomic E-state index is 0.0603. The molecular weight excluding hydrogens is 352 g/mol. The monoisotopic (exact) mass is 382 g/mol. The van der Waals surface area contributed by atoms with Crippen molar-refractivity contribution in [3.05, 3.63) is 42.7 Å². The predicted octanol–water partition coefficient (Wildman–Crippen LogP) is 2.97. The zero-order valence-electron chi connectivity index (χ0n) is 16.5. The fraction of sp³-hybridized carbons (Fsp3) is 0.500. The van der Waals surface area contributed by atoms with Gasteiger partial charge in [0.2, 0.25) is 11.8 Å². The summed E-state index contributed by atoms with van der Waals surface area (Å²) in [6, 6.07) is 7.85. The van der Waals surface area contributed by atoms with Crippen LogP contribution in [-0.4, -0.2) is 34.5 Å². The molecule has 0 spiro atoms. The van der Waals surface area contributed by atoms with Crippen LogP contribution in [0.15, 0.2) is 36.9 Å². The molecule has 2 N–H and O–H groups in total. The minimum atomic E-state index is -0.0603. The molecule has 1 aliphatic carbocycles. The minimum Gasteiger partial charge on any atom is -0.356 e. The molecular formula is C22H30N4O2. The second-order valence-corrected chi connectivity index (χ2v) is 7.43. The van der Waals surface area contributed by atoms with Crippen LogP contribution in [0.25, 0.3) is 11.0 Å². The van der Waals surface area contributed by atoms with Crippen LogP contribution < -0.4 is 10.6 Å². The molecule has 1 saturated carbocycles. The van der Waals surface area contributed by atoms with Gasteiger partial charge in [0.1, 0.15) is 12.4 Å². The highest BCUT2D eigenvalue weighted by atomic mass is 16.2. The number of carbonyl (C=O) groups is 2. The largest absolute Gasteiger partial charge is 0.356 e. The Balaban J connectivity index is 1.58. The van der Waals surface area contributed by atoms with Gasteiger partial charge in [-0.25, -0.2) is 4.98 Å². The molecule has 0 unspecified atom stereocenters. The van der Waals surface area contributed by atoms with E-state index in [0.29, 0.717) is 19.5 Å². The standard InChI is InChI=1S/C22H30N4O2/c1-2-14-23-21(27)16-26-19-12-7-6-11-18(19)25-20(26)13-8-15-24-22(28)17-9-4-3-5-10-17/h2,6-7,11-12,17H,1,3-5,8-10,13-16H2,(H,23,27)(H,24,28). The van der Waals surface area contributed by atoms with Gasteiger partial charge in [-0.15, -0.1) is 6.58 Å². The van der Waals surface area contributed by atoms with Crippen molar-refractivity contribution >= 4 is 22.8 Å². The summed E-state index contributed by atoms with van der Waals surface area (Å²) < 4.78 is 1.97. The average molecular weight is 383 g/mol. The molecule has 6 nitrogen and oxygen atoms in total. The molecule has 1 aromatic heterocycles. The maximum Gasteiger partial charge on any atom is 0.240 e. The molecule has 1 heterocycles. The van der Waals surface area contributed by atoms with E-state index in [0.717, 1.165) is 49.0 Å². The van der Waals surface area contributed by atoms with Gasteiger partial charge in [-0.05, 0) is 31.4 Å². The number of aromatic nitrogens is 2. The third-order valence-electron chi connectivity index (χ3n) is 5.33. The Kier molecular flexibility index (Phi) is 7.23. The van der Waals surface area contributed by atoms with Crippen LogP contribution in [-0.2, 0) is 22.6 Å². The van der Waals surface area contributed by atoms with Crippen LogP contribution in [0.3, 0.4) is 0 Å². The van der Waals surface area contributed by atoms with Crippen molar-refractivity contribution in [3.8, 4) is 0 Å². The topological polar surface area (TPSA) is 76.0 Å². The van der Waals surface area contributed by atoms with Gasteiger partial charge in [-0.3, -0.25) is 9.59 Å². The van der Waals surface area contributed by atoms with Crippen LogP contribution in [0, 0.1) is 5.92 Å². The summed E-state index contributed by atoms with van der Waals surface area (Å²) in [5, 5.41) is 5.90. The zero-order chi connectivity index (χ0) is 19.8. The van der Waals surface area contributed by atoms with E-state index in [2.05, 4.69) is 17.2 Å². The number of nitrogens with one attached hydrogen (secondary N) is 2. The number of carbonyl (C=O) groups excluding carboxylic acids is 2. The highest BCUT2D eigenvalue weighted by molar-refractivity contribution is 5.81.